The summed E-state index contributed by atoms with van der Waals surface area (Å²) in [5.41, 5.74) is 2.95. The Morgan fingerprint density at radius 2 is 1.79 bits per heavy atom. The third-order valence-corrected chi connectivity index (χ3v) is 7.07. The molecule has 2 aromatic rings. The minimum Gasteiger partial charge on any atom is -0.386 e. The first-order valence-corrected chi connectivity index (χ1v) is 11.6. The predicted octanol–water partition coefficient (Wildman–Crippen LogP) is 3.89. The molecule has 0 saturated carbocycles. The molecule has 0 spiro atoms. The van der Waals surface area contributed by atoms with Crippen LogP contribution in [0, 0.1) is 0 Å². The van der Waals surface area contributed by atoms with Crippen LogP contribution < -0.4 is 5.32 Å². The van der Waals surface area contributed by atoms with Gasteiger partial charge in [-0.3, -0.25) is 18.9 Å². The summed E-state index contributed by atoms with van der Waals surface area (Å²) in [4.78, 5) is 14.6. The van der Waals surface area contributed by atoms with Gasteiger partial charge in [-0.25, -0.2) is 4.39 Å². The monoisotopic (exact) mass is 462 g/mol. The minimum atomic E-state index is -2.41. The van der Waals surface area contributed by atoms with Crippen molar-refractivity contribution in [3.8, 4) is 11.1 Å². The van der Waals surface area contributed by atoms with Crippen molar-refractivity contribution in [2.24, 2.45) is 0 Å². The Labute approximate surface area is 179 Å². The Morgan fingerprint density at radius 1 is 1.17 bits per heavy atom. The Hall–Kier alpha value is -1.42. The molecule has 0 radical (unpaired) electrons. The lowest BCUT2D eigenvalue weighted by atomic mass is 9.99. The van der Waals surface area contributed by atoms with Crippen molar-refractivity contribution in [3.05, 3.63) is 53.9 Å². The lowest BCUT2D eigenvalue weighted by molar-refractivity contribution is -0.121. The van der Waals surface area contributed by atoms with E-state index in [1.165, 1.54) is 0 Å². The van der Waals surface area contributed by atoms with Crippen molar-refractivity contribution in [2.75, 3.05) is 18.2 Å². The maximum Gasteiger partial charge on any atom is 0.253 e. The molecule has 6 nitrogen and oxygen atoms in total. The Bertz CT molecular complexity index is 844. The molecule has 1 aliphatic rings. The fraction of sp³-hybridized carbons (Fsp3) is 0.368. The molecular weight excluding hydrogens is 442 g/mol. The number of pyridine rings is 1. The topological polar surface area (TPSA) is 103 Å². The maximum atomic E-state index is 13.2. The quantitative estimate of drug-likeness (QED) is 0.467. The van der Waals surface area contributed by atoms with Crippen molar-refractivity contribution in [1.82, 2.24) is 10.3 Å². The van der Waals surface area contributed by atoms with Gasteiger partial charge in [-0.05, 0) is 17.2 Å². The number of benzene rings is 1. The molecule has 4 N–H and O–H groups in total. The van der Waals surface area contributed by atoms with Gasteiger partial charge >= 0.3 is 0 Å². The highest BCUT2D eigenvalue weighted by Gasteiger charge is 2.35. The summed E-state index contributed by atoms with van der Waals surface area (Å²) in [7, 11) is -2.41. The van der Waals surface area contributed by atoms with Gasteiger partial charge in [0.15, 0.2) is 4.84 Å². The van der Waals surface area contributed by atoms with Crippen LogP contribution in [0.15, 0.2) is 42.6 Å². The number of aliphatic hydroxyl groups excluding tert-OH is 1. The van der Waals surface area contributed by atoms with E-state index in [9.17, 15) is 23.4 Å². The first-order valence-electron chi connectivity index (χ1n) is 8.82. The number of amides is 1. The SMILES string of the molecule is O=C(N[C@H](CF)[C@@H](O)c1ccc(-c2ccc(C3CS(O)(O)C3)nc2)cc1)C(Cl)Cl. The molecule has 1 fully saturated rings. The van der Waals surface area contributed by atoms with Gasteiger partial charge in [0.1, 0.15) is 12.8 Å². The summed E-state index contributed by atoms with van der Waals surface area (Å²) < 4.78 is 32.3. The third-order valence-electron chi connectivity index (χ3n) is 4.80. The highest BCUT2D eigenvalue weighted by Crippen LogP contribution is 2.55. The molecule has 29 heavy (non-hydrogen) atoms. The minimum absolute atomic E-state index is 0.0694. The van der Waals surface area contributed by atoms with Crippen LogP contribution in [0.4, 0.5) is 4.39 Å². The number of alkyl halides is 3. The normalized spacial score (nSPS) is 19.3. The summed E-state index contributed by atoms with van der Waals surface area (Å²) in [6.45, 7) is -0.980. The van der Waals surface area contributed by atoms with Gasteiger partial charge in [0, 0.05) is 34.9 Å². The number of rotatable bonds is 7. The largest absolute Gasteiger partial charge is 0.386 e. The zero-order valence-electron chi connectivity index (χ0n) is 15.2. The summed E-state index contributed by atoms with van der Waals surface area (Å²) in [5.74, 6) is 0.00389. The van der Waals surface area contributed by atoms with E-state index in [0.29, 0.717) is 17.1 Å². The summed E-state index contributed by atoms with van der Waals surface area (Å²) in [5, 5.41) is 12.6. The van der Waals surface area contributed by atoms with Crippen LogP contribution in [0.25, 0.3) is 11.1 Å². The van der Waals surface area contributed by atoms with E-state index < -0.39 is 40.2 Å². The third kappa shape index (κ3) is 5.39. The lowest BCUT2D eigenvalue weighted by Gasteiger charge is -2.46. The summed E-state index contributed by atoms with van der Waals surface area (Å²) >= 11 is 10.9. The van der Waals surface area contributed by atoms with Crippen molar-refractivity contribution in [2.45, 2.75) is 22.9 Å². The average Bonchev–Trinajstić information content (AvgIpc) is 2.69. The van der Waals surface area contributed by atoms with E-state index in [4.69, 9.17) is 23.2 Å². The number of carbonyl (C=O) groups is 1. The first kappa shape index (κ1) is 22.3. The van der Waals surface area contributed by atoms with E-state index in [1.807, 2.05) is 12.1 Å². The second-order valence-corrected chi connectivity index (χ2v) is 10.3. The lowest BCUT2D eigenvalue weighted by Crippen LogP contribution is -2.43. The van der Waals surface area contributed by atoms with Gasteiger partial charge in [-0.1, -0.05) is 53.5 Å². The number of nitrogens with one attached hydrogen (secondary N) is 1. The molecule has 2 atom stereocenters. The van der Waals surface area contributed by atoms with E-state index >= 15 is 0 Å². The molecule has 2 heterocycles. The average molecular weight is 463 g/mol. The molecule has 158 valence electrons. The highest BCUT2D eigenvalue weighted by atomic mass is 35.5. The molecule has 0 unspecified atom stereocenters. The Kier molecular flexibility index (Phi) is 7.03. The number of aromatic nitrogens is 1. The zero-order chi connectivity index (χ0) is 21.2. The standard InChI is InChI=1S/C19H21Cl2FN2O4S/c20-18(21)19(26)24-16(7-22)17(25)12-3-1-11(2-4-12)13-5-6-15(23-8-13)14-9-29(27,28)10-14/h1-6,8,14,16-18,25,27-28H,7,9-10H2,(H,24,26)/t16-,17+/m1/s1. The molecule has 10 heteroatoms. The zero-order valence-corrected chi connectivity index (χ0v) is 17.5. The fourth-order valence-electron chi connectivity index (χ4n) is 3.14. The Morgan fingerprint density at radius 3 is 2.28 bits per heavy atom. The molecular formula is C19H21Cl2FN2O4S. The van der Waals surface area contributed by atoms with E-state index in [1.54, 1.807) is 30.5 Å². The predicted molar refractivity (Wildman–Crippen MR) is 113 cm³/mol. The number of aliphatic hydroxyl groups is 1. The van der Waals surface area contributed by atoms with Crippen LogP contribution in [-0.2, 0) is 4.79 Å². The number of carbonyl (C=O) groups excluding carboxylic acids is 1. The smallest absolute Gasteiger partial charge is 0.253 e. The molecule has 0 bridgehead atoms. The number of nitrogens with zero attached hydrogens (tertiary/aromatic N) is 1. The highest BCUT2D eigenvalue weighted by molar-refractivity contribution is 8.25. The van der Waals surface area contributed by atoms with E-state index in [0.717, 1.165) is 16.8 Å². The van der Waals surface area contributed by atoms with Crippen molar-refractivity contribution in [3.63, 3.8) is 0 Å². The Balaban J connectivity index is 1.67. The van der Waals surface area contributed by atoms with Crippen LogP contribution >= 0.6 is 33.8 Å². The molecule has 1 amide bonds. The van der Waals surface area contributed by atoms with Crippen molar-refractivity contribution >= 4 is 39.7 Å². The molecule has 1 aromatic heterocycles. The van der Waals surface area contributed by atoms with Gasteiger partial charge in [0.2, 0.25) is 0 Å². The van der Waals surface area contributed by atoms with E-state index in [2.05, 4.69) is 10.3 Å². The second kappa shape index (κ2) is 9.16. The van der Waals surface area contributed by atoms with Gasteiger partial charge in [0.05, 0.1) is 6.04 Å². The van der Waals surface area contributed by atoms with Gasteiger partial charge in [-0.15, -0.1) is 0 Å². The maximum absolute atomic E-state index is 13.2. The molecule has 0 aliphatic carbocycles. The van der Waals surface area contributed by atoms with E-state index in [-0.39, 0.29) is 5.92 Å². The van der Waals surface area contributed by atoms with Crippen LogP contribution in [-0.4, -0.2) is 54.2 Å². The second-order valence-electron chi connectivity index (χ2n) is 6.94. The molecule has 1 saturated heterocycles. The molecule has 1 aliphatic heterocycles. The molecule has 1 aromatic carbocycles. The van der Waals surface area contributed by atoms with Crippen LogP contribution in [0.1, 0.15) is 23.3 Å². The molecule has 3 rings (SSSR count). The number of halogens is 3. The van der Waals surface area contributed by atoms with Crippen LogP contribution in [0.5, 0.6) is 0 Å². The van der Waals surface area contributed by atoms with Crippen molar-refractivity contribution in [1.29, 1.82) is 0 Å². The number of hydrogen-bond donors (Lipinski definition) is 4. The number of hydrogen-bond acceptors (Lipinski definition) is 5. The summed E-state index contributed by atoms with van der Waals surface area (Å²) in [6, 6.07) is 9.40. The van der Waals surface area contributed by atoms with Gasteiger partial charge in [0.25, 0.3) is 5.91 Å². The van der Waals surface area contributed by atoms with Gasteiger partial charge < -0.3 is 10.4 Å². The van der Waals surface area contributed by atoms with Crippen LogP contribution in [0.3, 0.4) is 0 Å². The van der Waals surface area contributed by atoms with Gasteiger partial charge in [-0.2, -0.15) is 10.6 Å². The first-order chi connectivity index (χ1) is 13.7. The summed E-state index contributed by atoms with van der Waals surface area (Å²) in [6.07, 6.45) is 0.445. The fourth-order valence-corrected chi connectivity index (χ4v) is 4.80. The van der Waals surface area contributed by atoms with Crippen molar-refractivity contribution < 1.29 is 23.4 Å². The van der Waals surface area contributed by atoms with Crippen LogP contribution in [0.2, 0.25) is 0 Å².